The predicted octanol–water partition coefficient (Wildman–Crippen LogP) is 2.10. The van der Waals surface area contributed by atoms with Crippen molar-refractivity contribution in [3.63, 3.8) is 0 Å². The van der Waals surface area contributed by atoms with Crippen molar-refractivity contribution in [3.05, 3.63) is 29.2 Å². The minimum absolute atomic E-state index is 0.173. The Morgan fingerprint density at radius 1 is 1.17 bits per heavy atom. The van der Waals surface area contributed by atoms with Crippen molar-refractivity contribution in [2.75, 3.05) is 13.2 Å². The minimum atomic E-state index is -0.718. The third-order valence-electron chi connectivity index (χ3n) is 2.04. The molecule has 0 amide bonds. The molecule has 98 valence electrons. The average Bonchev–Trinajstić information content (AvgIpc) is 2.72. The molecule has 0 bridgehead atoms. The van der Waals surface area contributed by atoms with E-state index in [9.17, 15) is 9.59 Å². The van der Waals surface area contributed by atoms with Gasteiger partial charge in [-0.1, -0.05) is 0 Å². The third kappa shape index (κ3) is 3.76. The normalized spacial score (nSPS) is 9.72. The first-order valence-corrected chi connectivity index (χ1v) is 5.70. The van der Waals surface area contributed by atoms with Crippen LogP contribution in [0.5, 0.6) is 0 Å². The molecule has 0 N–H and O–H groups in total. The lowest BCUT2D eigenvalue weighted by atomic mass is 10.2. The zero-order chi connectivity index (χ0) is 13.5. The number of esters is 2. The van der Waals surface area contributed by atoms with E-state index in [4.69, 9.17) is 13.9 Å². The lowest BCUT2D eigenvalue weighted by Crippen LogP contribution is -2.18. The Labute approximate surface area is 105 Å². The number of hydrogen-bond donors (Lipinski definition) is 0. The van der Waals surface area contributed by atoms with Crippen LogP contribution < -0.4 is 0 Å². The quantitative estimate of drug-likeness (QED) is 0.347. The predicted molar refractivity (Wildman–Crippen MR) is 64.7 cm³/mol. The number of furan rings is 1. The highest BCUT2D eigenvalue weighted by Crippen LogP contribution is 2.13. The van der Waals surface area contributed by atoms with Crippen LogP contribution in [0.2, 0.25) is 0 Å². The maximum Gasteiger partial charge on any atom is 0.345 e. The van der Waals surface area contributed by atoms with Crippen LogP contribution in [-0.2, 0) is 19.1 Å². The molecule has 0 aliphatic rings. The molecule has 1 heterocycles. The highest BCUT2D eigenvalue weighted by Gasteiger charge is 2.21. The van der Waals surface area contributed by atoms with Crippen molar-refractivity contribution >= 4 is 18.0 Å². The van der Waals surface area contributed by atoms with Crippen molar-refractivity contribution in [2.24, 2.45) is 0 Å². The SMILES string of the molecule is CCOC(=O)C(=Cc1ccc(C)o1)C(=O)OCC. The lowest BCUT2D eigenvalue weighted by molar-refractivity contribution is -0.146. The molecule has 5 nitrogen and oxygen atoms in total. The van der Waals surface area contributed by atoms with Crippen LogP contribution in [0.3, 0.4) is 0 Å². The van der Waals surface area contributed by atoms with Crippen molar-refractivity contribution < 1.29 is 23.5 Å². The van der Waals surface area contributed by atoms with Gasteiger partial charge >= 0.3 is 11.9 Å². The highest BCUT2D eigenvalue weighted by atomic mass is 16.6. The van der Waals surface area contributed by atoms with Gasteiger partial charge in [0.1, 0.15) is 17.1 Å². The van der Waals surface area contributed by atoms with Gasteiger partial charge in [0, 0.05) is 6.08 Å². The molecule has 0 saturated carbocycles. The summed E-state index contributed by atoms with van der Waals surface area (Å²) in [5.74, 6) is -0.341. The van der Waals surface area contributed by atoms with Gasteiger partial charge in [0.2, 0.25) is 0 Å². The molecular weight excluding hydrogens is 236 g/mol. The fourth-order valence-electron chi connectivity index (χ4n) is 1.29. The first-order valence-electron chi connectivity index (χ1n) is 5.70. The monoisotopic (exact) mass is 252 g/mol. The molecule has 1 rings (SSSR count). The Morgan fingerprint density at radius 3 is 2.11 bits per heavy atom. The zero-order valence-electron chi connectivity index (χ0n) is 10.7. The van der Waals surface area contributed by atoms with Gasteiger partial charge < -0.3 is 13.9 Å². The molecular formula is C13H16O5. The van der Waals surface area contributed by atoms with Crippen LogP contribution in [-0.4, -0.2) is 25.2 Å². The lowest BCUT2D eigenvalue weighted by Gasteiger charge is -2.05. The Hall–Kier alpha value is -2.04. The first kappa shape index (κ1) is 14.0. The molecule has 0 spiro atoms. The van der Waals surface area contributed by atoms with E-state index in [1.807, 2.05) is 0 Å². The number of carbonyl (C=O) groups is 2. The van der Waals surface area contributed by atoms with E-state index >= 15 is 0 Å². The fourth-order valence-corrected chi connectivity index (χ4v) is 1.29. The second-order valence-electron chi connectivity index (χ2n) is 3.45. The molecule has 0 aromatic carbocycles. The molecule has 18 heavy (non-hydrogen) atoms. The summed E-state index contributed by atoms with van der Waals surface area (Å²) in [6.07, 6.45) is 1.32. The topological polar surface area (TPSA) is 65.7 Å². The molecule has 1 aromatic heterocycles. The summed E-state index contributed by atoms with van der Waals surface area (Å²) in [6, 6.07) is 3.40. The number of ether oxygens (including phenoxy) is 2. The van der Waals surface area contributed by atoms with Gasteiger partial charge in [-0.05, 0) is 32.9 Å². The van der Waals surface area contributed by atoms with Crippen molar-refractivity contribution in [3.8, 4) is 0 Å². The molecule has 0 aliphatic heterocycles. The Kier molecular flexibility index (Phi) is 5.17. The number of carbonyl (C=O) groups excluding carboxylic acids is 2. The maximum absolute atomic E-state index is 11.6. The van der Waals surface area contributed by atoms with Crippen LogP contribution in [0, 0.1) is 6.92 Å². The van der Waals surface area contributed by atoms with Crippen molar-refractivity contribution in [2.45, 2.75) is 20.8 Å². The molecule has 5 heteroatoms. The Morgan fingerprint density at radius 2 is 1.72 bits per heavy atom. The van der Waals surface area contributed by atoms with Gasteiger partial charge in [-0.15, -0.1) is 0 Å². The standard InChI is InChI=1S/C13H16O5/c1-4-16-12(14)11(13(15)17-5-2)8-10-7-6-9(3)18-10/h6-8H,4-5H2,1-3H3. The molecule has 0 radical (unpaired) electrons. The first-order chi connectivity index (χ1) is 8.58. The Balaban J connectivity index is 2.99. The molecule has 0 atom stereocenters. The Bertz CT molecular complexity index is 436. The summed E-state index contributed by atoms with van der Waals surface area (Å²) in [5.41, 5.74) is -0.173. The van der Waals surface area contributed by atoms with Crippen LogP contribution in [0.4, 0.5) is 0 Å². The fraction of sp³-hybridized carbons (Fsp3) is 0.385. The summed E-state index contributed by atoms with van der Waals surface area (Å²) < 4.78 is 14.9. The van der Waals surface area contributed by atoms with Crippen molar-refractivity contribution in [1.29, 1.82) is 0 Å². The van der Waals surface area contributed by atoms with E-state index < -0.39 is 11.9 Å². The van der Waals surface area contributed by atoms with Gasteiger partial charge in [0.05, 0.1) is 13.2 Å². The largest absolute Gasteiger partial charge is 0.462 e. The average molecular weight is 252 g/mol. The van der Waals surface area contributed by atoms with Gasteiger partial charge in [-0.2, -0.15) is 0 Å². The highest BCUT2D eigenvalue weighted by molar-refractivity contribution is 6.17. The smallest absolute Gasteiger partial charge is 0.345 e. The van der Waals surface area contributed by atoms with E-state index in [0.717, 1.165) is 0 Å². The maximum atomic E-state index is 11.6. The van der Waals surface area contributed by atoms with E-state index in [1.165, 1.54) is 6.08 Å². The van der Waals surface area contributed by atoms with E-state index in [2.05, 4.69) is 0 Å². The van der Waals surface area contributed by atoms with Gasteiger partial charge in [-0.25, -0.2) is 9.59 Å². The summed E-state index contributed by atoms with van der Waals surface area (Å²) in [7, 11) is 0. The third-order valence-corrected chi connectivity index (χ3v) is 2.04. The summed E-state index contributed by atoms with van der Waals surface area (Å²) >= 11 is 0. The number of aryl methyl sites for hydroxylation is 1. The van der Waals surface area contributed by atoms with Crippen LogP contribution in [0.15, 0.2) is 22.1 Å². The number of hydrogen-bond acceptors (Lipinski definition) is 5. The summed E-state index contributed by atoms with van der Waals surface area (Å²) in [5, 5.41) is 0. The molecule has 0 aliphatic carbocycles. The van der Waals surface area contributed by atoms with Gasteiger partial charge in [0.15, 0.2) is 0 Å². The van der Waals surface area contributed by atoms with E-state index in [1.54, 1.807) is 32.9 Å². The second-order valence-corrected chi connectivity index (χ2v) is 3.45. The zero-order valence-corrected chi connectivity index (χ0v) is 10.7. The summed E-state index contributed by atoms with van der Waals surface area (Å²) in [4.78, 5) is 23.3. The van der Waals surface area contributed by atoms with E-state index in [-0.39, 0.29) is 18.8 Å². The van der Waals surface area contributed by atoms with E-state index in [0.29, 0.717) is 11.5 Å². The second kappa shape index (κ2) is 6.64. The number of rotatable bonds is 5. The molecule has 1 aromatic rings. The minimum Gasteiger partial charge on any atom is -0.462 e. The van der Waals surface area contributed by atoms with Crippen LogP contribution >= 0.6 is 0 Å². The van der Waals surface area contributed by atoms with Gasteiger partial charge in [0.25, 0.3) is 0 Å². The van der Waals surface area contributed by atoms with Crippen LogP contribution in [0.25, 0.3) is 6.08 Å². The molecule has 0 fully saturated rings. The summed E-state index contributed by atoms with van der Waals surface area (Å²) in [6.45, 7) is 5.47. The van der Waals surface area contributed by atoms with Crippen LogP contribution in [0.1, 0.15) is 25.4 Å². The molecule has 0 unspecified atom stereocenters. The van der Waals surface area contributed by atoms with Crippen molar-refractivity contribution in [1.82, 2.24) is 0 Å². The van der Waals surface area contributed by atoms with Gasteiger partial charge in [-0.3, -0.25) is 0 Å². The molecule has 0 saturated heterocycles.